The van der Waals surface area contributed by atoms with E-state index in [4.69, 9.17) is 9.88 Å². The maximum Gasteiger partial charge on any atom is 0.262 e. The minimum absolute atomic E-state index is 0.0629. The van der Waals surface area contributed by atoms with Gasteiger partial charge in [-0.15, -0.1) is 0 Å². The molecule has 3 aromatic rings. The average Bonchev–Trinajstić information content (AvgIpc) is 2.72. The number of halogens is 1. The number of ketones is 1. The van der Waals surface area contributed by atoms with Crippen molar-refractivity contribution >= 4 is 27.4 Å². The molecular formula is C21H17FN2O5S. The number of rotatable bonds is 7. The number of ether oxygens (including phenoxy) is 1. The fraction of sp³-hybridized carbons (Fsp3) is 0.0476. The van der Waals surface area contributed by atoms with Gasteiger partial charge in [0.1, 0.15) is 11.6 Å². The third kappa shape index (κ3) is 5.49. The first-order valence-corrected chi connectivity index (χ1v) is 10.2. The minimum atomic E-state index is -3.80. The van der Waals surface area contributed by atoms with Crippen molar-refractivity contribution in [2.45, 2.75) is 4.90 Å². The second-order valence-corrected chi connectivity index (χ2v) is 7.83. The Morgan fingerprint density at radius 2 is 1.40 bits per heavy atom. The topological polar surface area (TPSA) is 116 Å². The van der Waals surface area contributed by atoms with Crippen LogP contribution in [0, 0.1) is 5.82 Å². The largest absolute Gasteiger partial charge is 0.484 e. The van der Waals surface area contributed by atoms with Crippen molar-refractivity contribution < 1.29 is 27.1 Å². The van der Waals surface area contributed by atoms with Gasteiger partial charge in [-0.1, -0.05) is 0 Å². The summed E-state index contributed by atoms with van der Waals surface area (Å²) in [7, 11) is -3.80. The van der Waals surface area contributed by atoms with Crippen LogP contribution in [0.25, 0.3) is 0 Å². The Labute approximate surface area is 172 Å². The van der Waals surface area contributed by atoms with E-state index in [9.17, 15) is 22.4 Å². The number of nitrogens with two attached hydrogens (primary N) is 1. The molecule has 0 saturated carbocycles. The van der Waals surface area contributed by atoms with E-state index in [-0.39, 0.29) is 17.3 Å². The molecule has 0 aliphatic rings. The summed E-state index contributed by atoms with van der Waals surface area (Å²) in [5.74, 6) is -0.758. The standard InChI is InChI=1S/C21H17FN2O5S/c22-16-5-1-14(2-6-16)21(26)15-3-9-18(10-4-15)29-13-20(25)24-17-7-11-19(12-8-17)30(23,27)28/h1-12H,13H2,(H,24,25)(H2,23,27,28). The van der Waals surface area contributed by atoms with Crippen LogP contribution < -0.4 is 15.2 Å². The van der Waals surface area contributed by atoms with Crippen LogP contribution in [0.4, 0.5) is 10.1 Å². The van der Waals surface area contributed by atoms with Gasteiger partial charge in [-0.25, -0.2) is 17.9 Å². The number of sulfonamides is 1. The van der Waals surface area contributed by atoms with Gasteiger partial charge in [-0.2, -0.15) is 0 Å². The molecule has 3 rings (SSSR count). The molecule has 0 heterocycles. The van der Waals surface area contributed by atoms with Crippen LogP contribution in [0.5, 0.6) is 5.75 Å². The molecule has 0 aliphatic heterocycles. The second-order valence-electron chi connectivity index (χ2n) is 6.27. The Bertz CT molecular complexity index is 1160. The fourth-order valence-electron chi connectivity index (χ4n) is 2.54. The highest BCUT2D eigenvalue weighted by Crippen LogP contribution is 2.17. The predicted molar refractivity (Wildman–Crippen MR) is 108 cm³/mol. The first-order valence-electron chi connectivity index (χ1n) is 8.68. The van der Waals surface area contributed by atoms with Crippen LogP contribution >= 0.6 is 0 Å². The minimum Gasteiger partial charge on any atom is -0.484 e. The number of hydrogen-bond donors (Lipinski definition) is 2. The van der Waals surface area contributed by atoms with Crippen molar-refractivity contribution in [3.8, 4) is 5.75 Å². The van der Waals surface area contributed by atoms with E-state index >= 15 is 0 Å². The molecule has 0 aliphatic carbocycles. The van der Waals surface area contributed by atoms with Gasteiger partial charge in [0.25, 0.3) is 5.91 Å². The third-order valence-electron chi connectivity index (χ3n) is 4.06. The molecule has 0 saturated heterocycles. The van der Waals surface area contributed by atoms with Crippen LogP contribution in [0.1, 0.15) is 15.9 Å². The van der Waals surface area contributed by atoms with Gasteiger partial charge in [0.05, 0.1) is 4.90 Å². The number of primary sulfonamides is 1. The number of carbonyl (C=O) groups excluding carboxylic acids is 2. The molecule has 1 amide bonds. The number of amides is 1. The van der Waals surface area contributed by atoms with Crippen molar-refractivity contribution in [1.29, 1.82) is 0 Å². The molecule has 154 valence electrons. The predicted octanol–water partition coefficient (Wildman–Crippen LogP) is 2.72. The van der Waals surface area contributed by atoms with Crippen LogP contribution in [0.15, 0.2) is 77.7 Å². The molecule has 30 heavy (non-hydrogen) atoms. The van der Waals surface area contributed by atoms with Crippen LogP contribution in [-0.2, 0) is 14.8 Å². The SMILES string of the molecule is NS(=O)(=O)c1ccc(NC(=O)COc2ccc(C(=O)c3ccc(F)cc3)cc2)cc1. The molecule has 0 radical (unpaired) electrons. The fourth-order valence-corrected chi connectivity index (χ4v) is 3.06. The lowest BCUT2D eigenvalue weighted by molar-refractivity contribution is -0.118. The lowest BCUT2D eigenvalue weighted by Crippen LogP contribution is -2.20. The van der Waals surface area contributed by atoms with Gasteiger partial charge >= 0.3 is 0 Å². The highest BCUT2D eigenvalue weighted by Gasteiger charge is 2.11. The molecule has 0 atom stereocenters. The van der Waals surface area contributed by atoms with Gasteiger partial charge in [0, 0.05) is 16.8 Å². The van der Waals surface area contributed by atoms with Gasteiger partial charge in [-0.3, -0.25) is 9.59 Å². The molecular weight excluding hydrogens is 411 g/mol. The van der Waals surface area contributed by atoms with E-state index in [2.05, 4.69) is 5.32 Å². The van der Waals surface area contributed by atoms with Crippen molar-refractivity contribution in [3.63, 3.8) is 0 Å². The molecule has 7 nitrogen and oxygen atoms in total. The van der Waals surface area contributed by atoms with E-state index in [0.29, 0.717) is 22.6 Å². The summed E-state index contributed by atoms with van der Waals surface area (Å²) in [5.41, 5.74) is 1.14. The summed E-state index contributed by atoms with van der Waals surface area (Å²) in [4.78, 5) is 24.3. The highest BCUT2D eigenvalue weighted by atomic mass is 32.2. The maximum atomic E-state index is 13.0. The van der Waals surface area contributed by atoms with Gasteiger partial charge in [0.15, 0.2) is 12.4 Å². The van der Waals surface area contributed by atoms with E-state index in [1.54, 1.807) is 24.3 Å². The van der Waals surface area contributed by atoms with Crippen molar-refractivity contribution in [2.24, 2.45) is 5.14 Å². The van der Waals surface area contributed by atoms with Crippen LogP contribution in [0.2, 0.25) is 0 Å². The van der Waals surface area contributed by atoms with Crippen molar-refractivity contribution in [1.82, 2.24) is 0 Å². The normalized spacial score (nSPS) is 11.0. The van der Waals surface area contributed by atoms with Gasteiger partial charge < -0.3 is 10.1 Å². The second kappa shape index (κ2) is 8.85. The van der Waals surface area contributed by atoms with E-state index in [0.717, 1.165) is 0 Å². The molecule has 9 heteroatoms. The Morgan fingerprint density at radius 1 is 0.867 bits per heavy atom. The number of hydrogen-bond acceptors (Lipinski definition) is 5. The first kappa shape index (κ1) is 21.2. The zero-order chi connectivity index (χ0) is 21.7. The van der Waals surface area contributed by atoms with Crippen molar-refractivity contribution in [2.75, 3.05) is 11.9 Å². The third-order valence-corrected chi connectivity index (χ3v) is 4.99. The summed E-state index contributed by atoms with van der Waals surface area (Å²) in [6.07, 6.45) is 0. The molecule has 3 N–H and O–H groups in total. The summed E-state index contributed by atoms with van der Waals surface area (Å²) in [5, 5.41) is 7.58. The lowest BCUT2D eigenvalue weighted by Gasteiger charge is -2.09. The number of benzene rings is 3. The molecule has 0 fully saturated rings. The van der Waals surface area contributed by atoms with Gasteiger partial charge in [0.2, 0.25) is 10.0 Å². The Kier molecular flexibility index (Phi) is 6.24. The lowest BCUT2D eigenvalue weighted by atomic mass is 10.0. The smallest absolute Gasteiger partial charge is 0.262 e. The summed E-state index contributed by atoms with van der Waals surface area (Å²) in [6, 6.07) is 16.8. The first-order chi connectivity index (χ1) is 14.2. The average molecular weight is 428 g/mol. The molecule has 0 aromatic heterocycles. The zero-order valence-electron chi connectivity index (χ0n) is 15.5. The molecule has 3 aromatic carbocycles. The van der Waals surface area contributed by atoms with Crippen LogP contribution in [-0.4, -0.2) is 26.7 Å². The van der Waals surface area contributed by atoms with Gasteiger partial charge in [-0.05, 0) is 72.8 Å². The summed E-state index contributed by atoms with van der Waals surface area (Å²) >= 11 is 0. The van der Waals surface area contributed by atoms with E-state index < -0.39 is 21.7 Å². The quantitative estimate of drug-likeness (QED) is 0.562. The van der Waals surface area contributed by atoms with E-state index in [1.807, 2.05) is 0 Å². The van der Waals surface area contributed by atoms with Crippen molar-refractivity contribution in [3.05, 3.63) is 89.7 Å². The Morgan fingerprint density at radius 3 is 1.93 bits per heavy atom. The van der Waals surface area contributed by atoms with E-state index in [1.165, 1.54) is 48.5 Å². The molecule has 0 unspecified atom stereocenters. The molecule has 0 bridgehead atoms. The monoisotopic (exact) mass is 428 g/mol. The Balaban J connectivity index is 1.55. The van der Waals surface area contributed by atoms with Crippen LogP contribution in [0.3, 0.4) is 0 Å². The highest BCUT2D eigenvalue weighted by molar-refractivity contribution is 7.89. The number of nitrogens with one attached hydrogen (secondary N) is 1. The Hall–Kier alpha value is -3.56. The maximum absolute atomic E-state index is 13.0. The summed E-state index contributed by atoms with van der Waals surface area (Å²) in [6.45, 7) is -0.289. The number of anilines is 1. The summed E-state index contributed by atoms with van der Waals surface area (Å²) < 4.78 is 40.8. The molecule has 0 spiro atoms. The number of carbonyl (C=O) groups is 2. The zero-order valence-corrected chi connectivity index (χ0v) is 16.4.